The fourth-order valence-electron chi connectivity index (χ4n) is 4.85. The molecule has 4 nitrogen and oxygen atoms in total. The molecule has 0 bridgehead atoms. The molecule has 150 valence electrons. The molecule has 2 aromatic heterocycles. The number of nitrogens with zero attached hydrogens (tertiary/aromatic N) is 3. The van der Waals surface area contributed by atoms with Crippen LogP contribution < -0.4 is 5.56 Å². The van der Waals surface area contributed by atoms with Crippen LogP contribution in [0, 0.1) is 6.92 Å². The summed E-state index contributed by atoms with van der Waals surface area (Å²) in [6, 6.07) is 20.5. The molecule has 0 amide bonds. The summed E-state index contributed by atoms with van der Waals surface area (Å²) in [4.78, 5) is 18.6. The van der Waals surface area contributed by atoms with Crippen LogP contribution in [0.3, 0.4) is 0 Å². The predicted octanol–water partition coefficient (Wildman–Crippen LogP) is 4.95. The van der Waals surface area contributed by atoms with E-state index in [9.17, 15) is 4.79 Å². The minimum atomic E-state index is 0.0139. The predicted molar refractivity (Wildman–Crippen MR) is 121 cm³/mol. The Balaban J connectivity index is 1.72. The first kappa shape index (κ1) is 18.6. The van der Waals surface area contributed by atoms with E-state index < -0.39 is 0 Å². The van der Waals surface area contributed by atoms with E-state index in [1.54, 1.807) is 4.68 Å². The van der Waals surface area contributed by atoms with Crippen LogP contribution >= 0.6 is 0 Å². The lowest BCUT2D eigenvalue weighted by molar-refractivity contribution is 0.582. The minimum Gasteiger partial charge on any atom is -0.267 e. The molecule has 2 aromatic carbocycles. The fourth-order valence-corrected chi connectivity index (χ4v) is 4.85. The molecule has 0 aliphatic heterocycles. The summed E-state index contributed by atoms with van der Waals surface area (Å²) < 4.78 is 3.71. The first-order valence-corrected chi connectivity index (χ1v) is 10.5. The van der Waals surface area contributed by atoms with Crippen LogP contribution in [0.1, 0.15) is 34.7 Å². The fraction of sp³-hybridized carbons (Fsp3) is 0.231. The van der Waals surface area contributed by atoms with Crippen molar-refractivity contribution >= 4 is 11.0 Å². The quantitative estimate of drug-likeness (QED) is 0.459. The molecule has 0 radical (unpaired) electrons. The normalized spacial score (nSPS) is 15.8. The SMILES string of the molecule is C=CCn1c2nc(C)c3c(c2c(=O)n1-c1ccccc1)CCC(c1ccccc1)C3. The van der Waals surface area contributed by atoms with Gasteiger partial charge < -0.3 is 0 Å². The molecule has 1 aliphatic carbocycles. The first-order chi connectivity index (χ1) is 14.7. The Kier molecular flexibility index (Phi) is 4.62. The van der Waals surface area contributed by atoms with E-state index in [0.29, 0.717) is 12.5 Å². The van der Waals surface area contributed by atoms with E-state index >= 15 is 0 Å². The van der Waals surface area contributed by atoms with Gasteiger partial charge in [-0.15, -0.1) is 6.58 Å². The van der Waals surface area contributed by atoms with Crippen molar-refractivity contribution in [3.05, 3.63) is 106 Å². The van der Waals surface area contributed by atoms with E-state index in [1.807, 2.05) is 41.1 Å². The smallest absolute Gasteiger partial charge is 0.267 e. The average molecular weight is 396 g/mol. The number of rotatable bonds is 4. The standard InChI is InChI=1S/C26H25N3O/c1-3-16-28-25-24(26(30)29(28)21-12-8-5-9-13-21)22-15-14-20(17-23(22)18(2)27-25)19-10-6-4-7-11-19/h3-13,20H,1,14-17H2,2H3. The van der Waals surface area contributed by atoms with Gasteiger partial charge in [-0.05, 0) is 60.9 Å². The molecule has 0 spiro atoms. The number of fused-ring (bicyclic) bond motifs is 3. The van der Waals surface area contributed by atoms with Crippen molar-refractivity contribution in [2.75, 3.05) is 0 Å². The Labute approximate surface area is 176 Å². The Bertz CT molecular complexity index is 1280. The van der Waals surface area contributed by atoms with Gasteiger partial charge in [-0.3, -0.25) is 9.48 Å². The number of pyridine rings is 1. The zero-order chi connectivity index (χ0) is 20.7. The lowest BCUT2D eigenvalue weighted by Gasteiger charge is -2.26. The molecule has 0 N–H and O–H groups in total. The van der Waals surface area contributed by atoms with Crippen molar-refractivity contribution in [1.82, 2.24) is 14.3 Å². The minimum absolute atomic E-state index is 0.0139. The maximum absolute atomic E-state index is 13.6. The molecule has 1 aliphatic rings. The van der Waals surface area contributed by atoms with Crippen molar-refractivity contribution < 1.29 is 0 Å². The van der Waals surface area contributed by atoms with Crippen LogP contribution in [0.15, 0.2) is 78.1 Å². The summed E-state index contributed by atoms with van der Waals surface area (Å²) in [5.41, 5.74) is 6.46. The second-order valence-corrected chi connectivity index (χ2v) is 8.03. The molecule has 0 saturated heterocycles. The summed E-state index contributed by atoms with van der Waals surface area (Å²) in [6.45, 7) is 6.51. The average Bonchev–Trinajstić information content (AvgIpc) is 3.06. The van der Waals surface area contributed by atoms with Crippen molar-refractivity contribution in [3.63, 3.8) is 0 Å². The van der Waals surface area contributed by atoms with Crippen molar-refractivity contribution in [2.45, 2.75) is 38.6 Å². The second-order valence-electron chi connectivity index (χ2n) is 8.03. The first-order valence-electron chi connectivity index (χ1n) is 10.5. The molecule has 2 heterocycles. The maximum atomic E-state index is 13.6. The summed E-state index contributed by atoms with van der Waals surface area (Å²) in [6.07, 6.45) is 4.70. The number of para-hydroxylation sites is 1. The Hall–Kier alpha value is -3.40. The van der Waals surface area contributed by atoms with Gasteiger partial charge in [0.1, 0.15) is 0 Å². The number of allylic oxidation sites excluding steroid dienone is 1. The number of aromatic nitrogens is 3. The van der Waals surface area contributed by atoms with Crippen molar-refractivity contribution in [3.8, 4) is 5.69 Å². The lowest BCUT2D eigenvalue weighted by Crippen LogP contribution is -2.21. The van der Waals surface area contributed by atoms with Crippen LogP contribution in [-0.2, 0) is 19.4 Å². The summed E-state index contributed by atoms with van der Waals surface area (Å²) in [5, 5.41) is 0.771. The molecule has 5 rings (SSSR count). The molecule has 0 saturated carbocycles. The van der Waals surface area contributed by atoms with Crippen LogP contribution in [0.4, 0.5) is 0 Å². The van der Waals surface area contributed by atoms with Gasteiger partial charge in [0.25, 0.3) is 5.56 Å². The molecule has 0 fully saturated rings. The van der Waals surface area contributed by atoms with Crippen LogP contribution in [0.5, 0.6) is 0 Å². The molecule has 4 heteroatoms. The van der Waals surface area contributed by atoms with Crippen LogP contribution in [0.2, 0.25) is 0 Å². The van der Waals surface area contributed by atoms with E-state index in [2.05, 4.69) is 43.8 Å². The molecular weight excluding hydrogens is 370 g/mol. The Morgan fingerprint density at radius 1 is 1.07 bits per heavy atom. The third-order valence-corrected chi connectivity index (χ3v) is 6.26. The monoisotopic (exact) mass is 395 g/mol. The molecule has 30 heavy (non-hydrogen) atoms. The van der Waals surface area contributed by atoms with Crippen molar-refractivity contribution in [1.29, 1.82) is 0 Å². The molecular formula is C26H25N3O. The Morgan fingerprint density at radius 3 is 2.47 bits per heavy atom. The van der Waals surface area contributed by atoms with Crippen LogP contribution in [0.25, 0.3) is 16.7 Å². The van der Waals surface area contributed by atoms with E-state index in [4.69, 9.17) is 4.98 Å². The van der Waals surface area contributed by atoms with Gasteiger partial charge in [-0.1, -0.05) is 54.6 Å². The van der Waals surface area contributed by atoms with Gasteiger partial charge >= 0.3 is 0 Å². The Morgan fingerprint density at radius 2 is 1.77 bits per heavy atom. The summed E-state index contributed by atoms with van der Waals surface area (Å²) in [5.74, 6) is 0.475. The van der Waals surface area contributed by atoms with E-state index in [0.717, 1.165) is 41.7 Å². The zero-order valence-corrected chi connectivity index (χ0v) is 17.2. The summed E-state index contributed by atoms with van der Waals surface area (Å²) in [7, 11) is 0. The number of aryl methyl sites for hydroxylation is 2. The van der Waals surface area contributed by atoms with E-state index in [-0.39, 0.29) is 5.56 Å². The summed E-state index contributed by atoms with van der Waals surface area (Å²) >= 11 is 0. The maximum Gasteiger partial charge on any atom is 0.281 e. The number of hydrogen-bond donors (Lipinski definition) is 0. The second kappa shape index (κ2) is 7.45. The van der Waals surface area contributed by atoms with E-state index in [1.165, 1.54) is 16.7 Å². The van der Waals surface area contributed by atoms with Crippen LogP contribution in [-0.4, -0.2) is 14.3 Å². The highest BCUT2D eigenvalue weighted by atomic mass is 16.1. The highest BCUT2D eigenvalue weighted by Gasteiger charge is 2.28. The molecule has 1 atom stereocenters. The van der Waals surface area contributed by atoms with Gasteiger partial charge in [0.2, 0.25) is 0 Å². The molecule has 1 unspecified atom stereocenters. The van der Waals surface area contributed by atoms with Gasteiger partial charge in [0.15, 0.2) is 5.65 Å². The topological polar surface area (TPSA) is 39.8 Å². The van der Waals surface area contributed by atoms with Gasteiger partial charge in [-0.2, -0.15) is 0 Å². The van der Waals surface area contributed by atoms with Gasteiger partial charge in [0.05, 0.1) is 17.6 Å². The number of benzene rings is 2. The van der Waals surface area contributed by atoms with Gasteiger partial charge in [-0.25, -0.2) is 9.67 Å². The highest BCUT2D eigenvalue weighted by molar-refractivity contribution is 5.81. The zero-order valence-electron chi connectivity index (χ0n) is 17.2. The van der Waals surface area contributed by atoms with Gasteiger partial charge in [0, 0.05) is 5.69 Å². The lowest BCUT2D eigenvalue weighted by atomic mass is 9.79. The largest absolute Gasteiger partial charge is 0.281 e. The molecule has 4 aromatic rings. The van der Waals surface area contributed by atoms with Crippen molar-refractivity contribution in [2.24, 2.45) is 0 Å². The highest BCUT2D eigenvalue weighted by Crippen LogP contribution is 2.36. The third kappa shape index (κ3) is 2.91. The third-order valence-electron chi connectivity index (χ3n) is 6.26. The number of hydrogen-bond acceptors (Lipinski definition) is 2.